The number of methoxy groups -OCH3 is 1. The van der Waals surface area contributed by atoms with Crippen LogP contribution in [0.25, 0.3) is 5.76 Å². The van der Waals surface area contributed by atoms with Crippen molar-refractivity contribution in [3.05, 3.63) is 39.8 Å². The molecule has 0 aromatic carbocycles. The summed E-state index contributed by atoms with van der Waals surface area (Å²) >= 11 is 0. The van der Waals surface area contributed by atoms with Crippen molar-refractivity contribution in [1.29, 1.82) is 0 Å². The van der Waals surface area contributed by atoms with E-state index in [2.05, 4.69) is 0 Å². The zero-order chi connectivity index (χ0) is 15.5. The highest BCUT2D eigenvalue weighted by Gasteiger charge is 2.23. The zero-order valence-corrected chi connectivity index (χ0v) is 12.8. The van der Waals surface area contributed by atoms with Gasteiger partial charge in [-0.15, -0.1) is 0 Å². The highest BCUT2D eigenvalue weighted by atomic mass is 16.5. The normalized spacial score (nSPS) is 18.7. The highest BCUT2D eigenvalue weighted by molar-refractivity contribution is 5.89. The summed E-state index contributed by atoms with van der Waals surface area (Å²) in [6, 6.07) is 1.76. The van der Waals surface area contributed by atoms with Crippen molar-refractivity contribution in [3.8, 4) is 0 Å². The molecule has 1 aliphatic heterocycles. The van der Waals surface area contributed by atoms with E-state index in [1.165, 1.54) is 7.11 Å². The topological polar surface area (TPSA) is 57.5 Å². The van der Waals surface area contributed by atoms with Crippen LogP contribution in [-0.2, 0) is 9.47 Å². The van der Waals surface area contributed by atoms with Gasteiger partial charge in [-0.3, -0.25) is 4.79 Å². The molecular weight excluding hydrogens is 282 g/mol. The summed E-state index contributed by atoms with van der Waals surface area (Å²) in [5, 5.41) is 0. The van der Waals surface area contributed by atoms with E-state index >= 15 is 0 Å². The Morgan fingerprint density at radius 1 is 1.32 bits per heavy atom. The van der Waals surface area contributed by atoms with Gasteiger partial charge in [0, 0.05) is 12.2 Å². The number of nitrogens with zero attached hydrogens (tertiary/aromatic N) is 1. The molecule has 3 rings (SSSR count). The van der Waals surface area contributed by atoms with Crippen LogP contribution in [0.5, 0.6) is 0 Å². The predicted molar refractivity (Wildman–Crippen MR) is 82.7 cm³/mol. The van der Waals surface area contributed by atoms with Gasteiger partial charge in [-0.25, -0.2) is 4.79 Å². The molecule has 118 valence electrons. The van der Waals surface area contributed by atoms with Crippen molar-refractivity contribution < 1.29 is 14.3 Å². The third kappa shape index (κ3) is 2.80. The molecule has 0 unspecified atom stereocenters. The maximum atomic E-state index is 12.8. The molecule has 5 nitrogen and oxygen atoms in total. The molecule has 0 spiro atoms. The van der Waals surface area contributed by atoms with Gasteiger partial charge in [-0.1, -0.05) is 12.8 Å². The quantitative estimate of drug-likeness (QED) is 0.806. The smallest absolute Gasteiger partial charge is 0.339 e. The third-order valence-electron chi connectivity index (χ3n) is 4.38. The fraction of sp³-hybridized carbons (Fsp3) is 0.529. The summed E-state index contributed by atoms with van der Waals surface area (Å²) in [7, 11) is 1.35. The molecule has 2 heterocycles. The molecule has 0 atom stereocenters. The maximum absolute atomic E-state index is 12.8. The van der Waals surface area contributed by atoms with E-state index in [-0.39, 0.29) is 11.6 Å². The van der Waals surface area contributed by atoms with Gasteiger partial charge in [-0.05, 0) is 37.8 Å². The lowest BCUT2D eigenvalue weighted by Crippen LogP contribution is -2.28. The first-order chi connectivity index (χ1) is 10.7. The van der Waals surface area contributed by atoms with E-state index in [0.29, 0.717) is 23.5 Å². The Labute approximate surface area is 129 Å². The number of esters is 1. The van der Waals surface area contributed by atoms with E-state index in [0.717, 1.165) is 38.5 Å². The molecule has 1 saturated carbocycles. The zero-order valence-electron chi connectivity index (χ0n) is 12.8. The van der Waals surface area contributed by atoms with E-state index in [9.17, 15) is 9.59 Å². The number of allylic oxidation sites excluding steroid dienone is 1. The van der Waals surface area contributed by atoms with Crippen LogP contribution in [0.2, 0.25) is 0 Å². The first kappa shape index (κ1) is 14.9. The molecule has 1 aliphatic carbocycles. The van der Waals surface area contributed by atoms with Crippen LogP contribution >= 0.6 is 0 Å². The van der Waals surface area contributed by atoms with Crippen LogP contribution in [0.4, 0.5) is 0 Å². The van der Waals surface area contributed by atoms with E-state index in [1.54, 1.807) is 16.8 Å². The van der Waals surface area contributed by atoms with Crippen molar-refractivity contribution in [2.45, 2.75) is 44.6 Å². The Morgan fingerprint density at radius 2 is 2.09 bits per heavy atom. The molecule has 22 heavy (non-hydrogen) atoms. The molecule has 5 heteroatoms. The van der Waals surface area contributed by atoms with Crippen LogP contribution < -0.4 is 5.56 Å². The summed E-state index contributed by atoms with van der Waals surface area (Å²) in [6.07, 6.45) is 9.60. The Balaban J connectivity index is 2.10. The SMILES string of the molecule is COC(=O)c1cc(C2=CCCCO2)c(=O)n(C2CCCC2)c1. The predicted octanol–water partition coefficient (Wildman–Crippen LogP) is 2.90. The lowest BCUT2D eigenvalue weighted by molar-refractivity contribution is 0.0599. The van der Waals surface area contributed by atoms with Crippen LogP contribution in [0.15, 0.2) is 23.1 Å². The minimum atomic E-state index is -0.426. The third-order valence-corrected chi connectivity index (χ3v) is 4.38. The largest absolute Gasteiger partial charge is 0.493 e. The standard InChI is InChI=1S/C17H21NO4/c1-21-17(20)12-10-14(15-8-4-5-9-22-15)16(19)18(11-12)13-6-2-3-7-13/h8,10-11,13H,2-7,9H2,1H3. The molecule has 0 amide bonds. The van der Waals surface area contributed by atoms with Gasteiger partial charge in [0.25, 0.3) is 5.56 Å². The fourth-order valence-electron chi connectivity index (χ4n) is 3.21. The van der Waals surface area contributed by atoms with Crippen LogP contribution in [0.3, 0.4) is 0 Å². The minimum Gasteiger partial charge on any atom is -0.493 e. The van der Waals surface area contributed by atoms with E-state index in [4.69, 9.17) is 9.47 Å². The van der Waals surface area contributed by atoms with Crippen molar-refractivity contribution in [2.75, 3.05) is 13.7 Å². The first-order valence-corrected chi connectivity index (χ1v) is 7.88. The van der Waals surface area contributed by atoms with Crippen molar-refractivity contribution in [1.82, 2.24) is 4.57 Å². The van der Waals surface area contributed by atoms with Gasteiger partial charge >= 0.3 is 5.97 Å². The molecule has 1 aromatic heterocycles. The Kier molecular flexibility index (Phi) is 4.32. The van der Waals surface area contributed by atoms with Gasteiger partial charge in [0.15, 0.2) is 0 Å². The van der Waals surface area contributed by atoms with Crippen LogP contribution in [0, 0.1) is 0 Å². The van der Waals surface area contributed by atoms with Crippen LogP contribution in [0.1, 0.15) is 60.5 Å². The summed E-state index contributed by atoms with van der Waals surface area (Å²) < 4.78 is 12.1. The molecule has 1 aromatic rings. The maximum Gasteiger partial charge on any atom is 0.339 e. The van der Waals surface area contributed by atoms with E-state index < -0.39 is 5.97 Å². The van der Waals surface area contributed by atoms with Crippen molar-refractivity contribution in [2.24, 2.45) is 0 Å². The second-order valence-electron chi connectivity index (χ2n) is 5.84. The average molecular weight is 303 g/mol. The van der Waals surface area contributed by atoms with Crippen molar-refractivity contribution >= 4 is 11.7 Å². The monoisotopic (exact) mass is 303 g/mol. The lowest BCUT2D eigenvalue weighted by Gasteiger charge is -2.19. The van der Waals surface area contributed by atoms with Crippen molar-refractivity contribution in [3.63, 3.8) is 0 Å². The Morgan fingerprint density at radius 3 is 2.73 bits per heavy atom. The van der Waals surface area contributed by atoms with Gasteiger partial charge < -0.3 is 14.0 Å². The number of pyridine rings is 1. The van der Waals surface area contributed by atoms with Gasteiger partial charge in [0.2, 0.25) is 0 Å². The first-order valence-electron chi connectivity index (χ1n) is 7.88. The van der Waals surface area contributed by atoms with Gasteiger partial charge in [0.1, 0.15) is 5.76 Å². The number of ether oxygens (including phenoxy) is 2. The Bertz CT molecular complexity index is 653. The van der Waals surface area contributed by atoms with Crippen LogP contribution in [-0.4, -0.2) is 24.3 Å². The number of carbonyl (C=O) groups excluding carboxylic acids is 1. The number of carbonyl (C=O) groups is 1. The van der Waals surface area contributed by atoms with Gasteiger partial charge in [-0.2, -0.15) is 0 Å². The number of rotatable bonds is 3. The summed E-state index contributed by atoms with van der Waals surface area (Å²) in [5.41, 5.74) is 0.793. The fourth-order valence-corrected chi connectivity index (χ4v) is 3.21. The number of hydrogen-bond donors (Lipinski definition) is 0. The van der Waals surface area contributed by atoms with E-state index in [1.807, 2.05) is 6.08 Å². The second kappa shape index (κ2) is 6.38. The number of aromatic nitrogens is 1. The lowest BCUT2D eigenvalue weighted by atomic mass is 10.1. The summed E-state index contributed by atoms with van der Waals surface area (Å²) in [4.78, 5) is 24.7. The molecule has 0 N–H and O–H groups in total. The summed E-state index contributed by atoms with van der Waals surface area (Å²) in [5.74, 6) is 0.165. The second-order valence-corrected chi connectivity index (χ2v) is 5.84. The van der Waals surface area contributed by atoms with Gasteiger partial charge in [0.05, 0.1) is 24.8 Å². The molecule has 0 radical (unpaired) electrons. The highest BCUT2D eigenvalue weighted by Crippen LogP contribution is 2.29. The molecule has 0 saturated heterocycles. The molecule has 2 aliphatic rings. The average Bonchev–Trinajstić information content (AvgIpc) is 3.09. The molecule has 1 fully saturated rings. The Hall–Kier alpha value is -2.04. The molecule has 0 bridgehead atoms. The summed E-state index contributed by atoms with van der Waals surface area (Å²) in [6.45, 7) is 0.608. The number of hydrogen-bond acceptors (Lipinski definition) is 4. The minimum absolute atomic E-state index is 0.0762. The molecular formula is C17H21NO4.